The fraction of sp³-hybridized carbons (Fsp3) is 0.333. The molecule has 1 aromatic carbocycles. The normalized spacial score (nSPS) is 11.9. The molecule has 0 saturated heterocycles. The van der Waals surface area contributed by atoms with Crippen LogP contribution in [-0.4, -0.2) is 47.7 Å². The molecule has 7 heteroatoms. The van der Waals surface area contributed by atoms with Gasteiger partial charge in [0.1, 0.15) is 5.75 Å². The van der Waals surface area contributed by atoms with Gasteiger partial charge in [0.2, 0.25) is 0 Å². The average Bonchev–Trinajstić information content (AvgIpc) is 3.01. The molecule has 2 aromatic heterocycles. The van der Waals surface area contributed by atoms with Crippen LogP contribution in [0.4, 0.5) is 4.79 Å². The van der Waals surface area contributed by atoms with Crippen molar-refractivity contribution in [1.82, 2.24) is 14.5 Å². The van der Waals surface area contributed by atoms with Gasteiger partial charge in [0.15, 0.2) is 0 Å². The average molecular weight is 382 g/mol. The van der Waals surface area contributed by atoms with Crippen LogP contribution in [-0.2, 0) is 0 Å². The van der Waals surface area contributed by atoms with E-state index >= 15 is 0 Å². The number of hydrogen-bond acceptors (Lipinski definition) is 4. The predicted molar refractivity (Wildman–Crippen MR) is 111 cm³/mol. The monoisotopic (exact) mass is 382 g/mol. The molecule has 0 radical (unpaired) electrons. The lowest BCUT2D eigenvalue weighted by atomic mass is 9.94. The molecule has 148 valence electrons. The Kier molecular flexibility index (Phi) is 5.29. The highest BCUT2D eigenvalue weighted by atomic mass is 16.5. The van der Waals surface area contributed by atoms with Gasteiger partial charge in [-0.2, -0.15) is 0 Å². The maximum absolute atomic E-state index is 12.5. The van der Waals surface area contributed by atoms with Crippen molar-refractivity contribution in [3.63, 3.8) is 0 Å². The fourth-order valence-corrected chi connectivity index (χ4v) is 3.40. The largest absolute Gasteiger partial charge is 0.493 e. The van der Waals surface area contributed by atoms with Gasteiger partial charge in [-0.3, -0.25) is 4.79 Å². The molecule has 0 aliphatic rings. The number of nitrogens with zero attached hydrogens (tertiary/aromatic N) is 2. The minimum atomic E-state index is -0.806. The van der Waals surface area contributed by atoms with Crippen LogP contribution >= 0.6 is 0 Å². The van der Waals surface area contributed by atoms with Crippen LogP contribution < -0.4 is 16.0 Å². The van der Waals surface area contributed by atoms with E-state index in [2.05, 4.69) is 23.7 Å². The number of benzene rings is 1. The summed E-state index contributed by atoms with van der Waals surface area (Å²) in [6, 6.07) is 10.1. The molecule has 0 fully saturated rings. The Morgan fingerprint density at radius 2 is 2.00 bits per heavy atom. The standard InChI is InChI=1S/C21H26N4O3/c1-21(2,12-24(3)4)13-28-15-7-8-17-14(10-15)11-18(23-17)16-6-5-9-25(19(16)26)20(22)27/h5-11,23H,12-13H2,1-4H3,(H2,22,27). The molecule has 7 nitrogen and oxygen atoms in total. The Hall–Kier alpha value is -3.06. The second-order valence-electron chi connectivity index (χ2n) is 8.06. The molecule has 0 unspecified atom stereocenters. The van der Waals surface area contributed by atoms with Gasteiger partial charge in [-0.15, -0.1) is 0 Å². The van der Waals surface area contributed by atoms with Crippen LogP contribution in [0, 0.1) is 5.41 Å². The number of pyridine rings is 1. The number of hydrogen-bond donors (Lipinski definition) is 2. The first-order valence-electron chi connectivity index (χ1n) is 9.08. The van der Waals surface area contributed by atoms with E-state index in [1.165, 1.54) is 6.20 Å². The van der Waals surface area contributed by atoms with Crippen LogP contribution in [0.2, 0.25) is 0 Å². The maximum atomic E-state index is 12.5. The number of nitrogens with one attached hydrogen (secondary N) is 1. The zero-order chi connectivity index (χ0) is 20.5. The molecule has 0 aliphatic carbocycles. The second-order valence-corrected chi connectivity index (χ2v) is 8.06. The van der Waals surface area contributed by atoms with Gasteiger partial charge in [0, 0.05) is 29.1 Å². The van der Waals surface area contributed by atoms with E-state index in [9.17, 15) is 9.59 Å². The Morgan fingerprint density at radius 1 is 1.25 bits per heavy atom. The SMILES string of the molecule is CN(C)CC(C)(C)COc1ccc2[nH]c(-c3cccn(C(N)=O)c3=O)cc2c1. The summed E-state index contributed by atoms with van der Waals surface area (Å²) in [6.07, 6.45) is 1.36. The molecule has 3 N–H and O–H groups in total. The van der Waals surface area contributed by atoms with E-state index < -0.39 is 11.6 Å². The van der Waals surface area contributed by atoms with Crippen molar-refractivity contribution in [3.8, 4) is 17.0 Å². The summed E-state index contributed by atoms with van der Waals surface area (Å²) < 4.78 is 6.89. The lowest BCUT2D eigenvalue weighted by molar-refractivity contribution is 0.141. The molecule has 3 aromatic rings. The summed E-state index contributed by atoms with van der Waals surface area (Å²) >= 11 is 0. The second kappa shape index (κ2) is 7.52. The first-order chi connectivity index (χ1) is 13.2. The highest BCUT2D eigenvalue weighted by Crippen LogP contribution is 2.27. The van der Waals surface area contributed by atoms with Crippen molar-refractivity contribution in [2.45, 2.75) is 13.8 Å². The van der Waals surface area contributed by atoms with Crippen molar-refractivity contribution in [2.24, 2.45) is 11.1 Å². The molecule has 28 heavy (non-hydrogen) atoms. The van der Waals surface area contributed by atoms with Crippen LogP contribution in [0.1, 0.15) is 13.8 Å². The third-order valence-corrected chi connectivity index (χ3v) is 4.44. The summed E-state index contributed by atoms with van der Waals surface area (Å²) in [5.41, 5.74) is 6.70. The molecule has 2 heterocycles. The molecule has 3 rings (SSSR count). The van der Waals surface area contributed by atoms with Crippen molar-refractivity contribution in [2.75, 3.05) is 27.2 Å². The van der Waals surface area contributed by atoms with Gasteiger partial charge in [0.05, 0.1) is 17.9 Å². The van der Waals surface area contributed by atoms with Gasteiger partial charge in [0.25, 0.3) is 5.56 Å². The molecule has 0 spiro atoms. The summed E-state index contributed by atoms with van der Waals surface area (Å²) in [5, 5.41) is 0.923. The number of ether oxygens (including phenoxy) is 1. The summed E-state index contributed by atoms with van der Waals surface area (Å²) in [4.78, 5) is 29.2. The molecular formula is C21H26N4O3. The van der Waals surface area contributed by atoms with Crippen LogP contribution in [0.15, 0.2) is 47.4 Å². The van der Waals surface area contributed by atoms with E-state index in [-0.39, 0.29) is 5.41 Å². The zero-order valence-corrected chi connectivity index (χ0v) is 16.7. The molecular weight excluding hydrogens is 356 g/mol. The quantitative estimate of drug-likeness (QED) is 0.685. The third-order valence-electron chi connectivity index (χ3n) is 4.44. The minimum Gasteiger partial charge on any atom is -0.493 e. The molecule has 0 aliphatic heterocycles. The Labute approximate surface area is 163 Å². The highest BCUT2D eigenvalue weighted by Gasteiger charge is 2.20. The zero-order valence-electron chi connectivity index (χ0n) is 16.7. The van der Waals surface area contributed by atoms with Crippen LogP contribution in [0.25, 0.3) is 22.2 Å². The number of primary amides is 1. The lowest BCUT2D eigenvalue weighted by Gasteiger charge is -2.28. The minimum absolute atomic E-state index is 0.0195. The van der Waals surface area contributed by atoms with Crippen molar-refractivity contribution >= 4 is 16.9 Å². The smallest absolute Gasteiger partial charge is 0.325 e. The molecule has 0 atom stereocenters. The fourth-order valence-electron chi connectivity index (χ4n) is 3.40. The molecule has 0 bridgehead atoms. The van der Waals surface area contributed by atoms with Gasteiger partial charge < -0.3 is 20.4 Å². The van der Waals surface area contributed by atoms with Gasteiger partial charge in [-0.05, 0) is 50.5 Å². The van der Waals surface area contributed by atoms with E-state index in [4.69, 9.17) is 10.5 Å². The first kappa shape index (κ1) is 19.7. The van der Waals surface area contributed by atoms with E-state index in [0.717, 1.165) is 27.8 Å². The Bertz CT molecular complexity index is 1060. The number of rotatable bonds is 6. The van der Waals surface area contributed by atoms with Crippen LogP contribution in [0.5, 0.6) is 5.75 Å². The Balaban J connectivity index is 1.87. The number of aromatic amines is 1. The van der Waals surface area contributed by atoms with Crippen molar-refractivity contribution in [1.29, 1.82) is 0 Å². The van der Waals surface area contributed by atoms with Crippen LogP contribution in [0.3, 0.4) is 0 Å². The lowest BCUT2D eigenvalue weighted by Crippen LogP contribution is -2.33. The number of fused-ring (bicyclic) bond motifs is 1. The number of carbonyl (C=O) groups is 1. The van der Waals surface area contributed by atoms with Gasteiger partial charge in [-0.25, -0.2) is 9.36 Å². The van der Waals surface area contributed by atoms with E-state index in [1.54, 1.807) is 12.1 Å². The number of nitrogens with two attached hydrogens (primary N) is 1. The Morgan fingerprint density at radius 3 is 2.68 bits per heavy atom. The predicted octanol–water partition coefficient (Wildman–Crippen LogP) is 2.89. The van der Waals surface area contributed by atoms with E-state index in [0.29, 0.717) is 17.9 Å². The highest BCUT2D eigenvalue weighted by molar-refractivity contribution is 5.87. The third kappa shape index (κ3) is 4.26. The summed E-state index contributed by atoms with van der Waals surface area (Å²) in [7, 11) is 4.09. The summed E-state index contributed by atoms with van der Waals surface area (Å²) in [5.74, 6) is 0.771. The van der Waals surface area contributed by atoms with Crippen molar-refractivity contribution in [3.05, 3.63) is 52.9 Å². The van der Waals surface area contributed by atoms with Gasteiger partial charge in [-0.1, -0.05) is 13.8 Å². The van der Waals surface area contributed by atoms with Crippen molar-refractivity contribution < 1.29 is 9.53 Å². The molecule has 0 saturated carbocycles. The number of amides is 1. The van der Waals surface area contributed by atoms with E-state index in [1.807, 2.05) is 38.4 Å². The summed E-state index contributed by atoms with van der Waals surface area (Å²) in [6.45, 7) is 5.85. The topological polar surface area (TPSA) is 93.3 Å². The maximum Gasteiger partial charge on any atom is 0.325 e. The first-order valence-corrected chi connectivity index (χ1v) is 9.08. The number of aromatic nitrogens is 2. The number of carbonyl (C=O) groups excluding carboxylic acids is 1. The number of H-pyrrole nitrogens is 1. The van der Waals surface area contributed by atoms with Gasteiger partial charge >= 0.3 is 6.03 Å². The molecule has 1 amide bonds.